The second-order valence-electron chi connectivity index (χ2n) is 3.59. The molecule has 1 amide bonds. The fourth-order valence-electron chi connectivity index (χ4n) is 1.19. The van der Waals surface area contributed by atoms with Crippen LogP contribution in [0.15, 0.2) is 12.1 Å². The number of nitrogens with zero attached hydrogens (tertiary/aromatic N) is 1. The Kier molecular flexibility index (Phi) is 5.99. The molecule has 0 aliphatic heterocycles. The summed E-state index contributed by atoms with van der Waals surface area (Å²) in [6.07, 6.45) is -4.39. The molecule has 0 fully saturated rings. The van der Waals surface area contributed by atoms with Crippen LogP contribution in [0.4, 0.5) is 19.0 Å². The molecule has 0 saturated carbocycles. The minimum atomic E-state index is -4.39. The van der Waals surface area contributed by atoms with Gasteiger partial charge in [0.1, 0.15) is 18.1 Å². The van der Waals surface area contributed by atoms with Crippen molar-refractivity contribution in [1.82, 2.24) is 10.3 Å². The van der Waals surface area contributed by atoms with E-state index >= 15 is 0 Å². The van der Waals surface area contributed by atoms with Gasteiger partial charge in [-0.15, -0.1) is 0 Å². The van der Waals surface area contributed by atoms with Gasteiger partial charge < -0.3 is 15.5 Å². The van der Waals surface area contributed by atoms with Crippen molar-refractivity contribution in [2.45, 2.75) is 6.18 Å². The highest BCUT2D eigenvalue weighted by atomic mass is 35.5. The standard InChI is InChI=1S/C10H12ClF3N4O2/c11-6-1-2-7(18-15)17-8(6)9(19)16-3-4-20-5-10(12,13)14/h1-2H,3-5,15H2,(H,16,19)(H,17,18). The van der Waals surface area contributed by atoms with Gasteiger partial charge in [0, 0.05) is 6.54 Å². The lowest BCUT2D eigenvalue weighted by Gasteiger charge is -2.09. The number of hydrazine groups is 1. The van der Waals surface area contributed by atoms with E-state index < -0.39 is 18.7 Å². The van der Waals surface area contributed by atoms with Gasteiger partial charge in [-0.3, -0.25) is 4.79 Å². The number of hydrogen-bond acceptors (Lipinski definition) is 5. The van der Waals surface area contributed by atoms with Gasteiger partial charge >= 0.3 is 6.18 Å². The lowest BCUT2D eigenvalue weighted by atomic mass is 10.3. The molecule has 0 aliphatic carbocycles. The van der Waals surface area contributed by atoms with Crippen molar-refractivity contribution in [3.05, 3.63) is 22.8 Å². The summed E-state index contributed by atoms with van der Waals surface area (Å²) in [5, 5.41) is 2.43. The molecule has 0 spiro atoms. The smallest absolute Gasteiger partial charge is 0.370 e. The van der Waals surface area contributed by atoms with E-state index in [4.69, 9.17) is 17.4 Å². The Morgan fingerprint density at radius 1 is 1.45 bits per heavy atom. The van der Waals surface area contributed by atoms with Crippen LogP contribution in [-0.4, -0.2) is 36.8 Å². The number of pyridine rings is 1. The second-order valence-corrected chi connectivity index (χ2v) is 4.00. The highest BCUT2D eigenvalue weighted by Crippen LogP contribution is 2.16. The second kappa shape index (κ2) is 7.27. The topological polar surface area (TPSA) is 89.3 Å². The predicted molar refractivity (Wildman–Crippen MR) is 66.3 cm³/mol. The number of nitrogens with two attached hydrogens (primary N) is 1. The third-order valence-electron chi connectivity index (χ3n) is 2.01. The minimum absolute atomic E-state index is 0.0852. The zero-order chi connectivity index (χ0) is 15.2. The number of aromatic nitrogens is 1. The first-order valence-corrected chi connectivity index (χ1v) is 5.77. The molecule has 10 heteroatoms. The van der Waals surface area contributed by atoms with Crippen LogP contribution in [-0.2, 0) is 4.74 Å². The number of ether oxygens (including phenoxy) is 1. The van der Waals surface area contributed by atoms with Gasteiger partial charge in [0.25, 0.3) is 5.91 Å². The van der Waals surface area contributed by atoms with Gasteiger partial charge in [-0.05, 0) is 12.1 Å². The number of anilines is 1. The zero-order valence-electron chi connectivity index (χ0n) is 10.1. The molecule has 1 heterocycles. The number of nitrogen functional groups attached to an aromatic ring is 1. The van der Waals surface area contributed by atoms with Crippen LogP contribution in [0, 0.1) is 0 Å². The molecule has 1 aromatic rings. The molecule has 0 unspecified atom stereocenters. The average molecular weight is 313 g/mol. The van der Waals surface area contributed by atoms with E-state index in [-0.39, 0.29) is 29.7 Å². The lowest BCUT2D eigenvalue weighted by molar-refractivity contribution is -0.173. The molecule has 1 rings (SSSR count). The maximum atomic E-state index is 11.8. The zero-order valence-corrected chi connectivity index (χ0v) is 10.9. The average Bonchev–Trinajstić information content (AvgIpc) is 2.37. The van der Waals surface area contributed by atoms with Crippen LogP contribution in [0.3, 0.4) is 0 Å². The molecule has 0 atom stereocenters. The fourth-order valence-corrected chi connectivity index (χ4v) is 1.38. The Morgan fingerprint density at radius 3 is 2.75 bits per heavy atom. The van der Waals surface area contributed by atoms with Crippen molar-refractivity contribution < 1.29 is 22.7 Å². The number of rotatable bonds is 6. The third kappa shape index (κ3) is 5.59. The van der Waals surface area contributed by atoms with E-state index in [0.29, 0.717) is 0 Å². The van der Waals surface area contributed by atoms with Crippen LogP contribution >= 0.6 is 11.6 Å². The third-order valence-corrected chi connectivity index (χ3v) is 2.31. The Labute approximate surface area is 117 Å². The molecule has 1 aromatic heterocycles. The lowest BCUT2D eigenvalue weighted by Crippen LogP contribution is -2.30. The highest BCUT2D eigenvalue weighted by molar-refractivity contribution is 6.33. The SMILES string of the molecule is NNc1ccc(Cl)c(C(=O)NCCOCC(F)(F)F)n1. The van der Waals surface area contributed by atoms with E-state index in [0.717, 1.165) is 0 Å². The number of halogens is 4. The quantitative estimate of drug-likeness (QED) is 0.419. The molecule has 0 aromatic carbocycles. The number of hydrogen-bond donors (Lipinski definition) is 3. The normalized spacial score (nSPS) is 11.2. The fraction of sp³-hybridized carbons (Fsp3) is 0.400. The molecule has 0 bridgehead atoms. The summed E-state index contributed by atoms with van der Waals surface area (Å²) in [7, 11) is 0. The monoisotopic (exact) mass is 312 g/mol. The Bertz CT molecular complexity index is 470. The van der Waals surface area contributed by atoms with Gasteiger partial charge in [-0.2, -0.15) is 13.2 Å². The summed E-state index contributed by atoms with van der Waals surface area (Å²) < 4.78 is 39.7. The maximum absolute atomic E-state index is 11.8. The highest BCUT2D eigenvalue weighted by Gasteiger charge is 2.27. The van der Waals surface area contributed by atoms with E-state index in [1.165, 1.54) is 12.1 Å². The van der Waals surface area contributed by atoms with Gasteiger partial charge in [0.2, 0.25) is 0 Å². The molecule has 0 radical (unpaired) electrons. The van der Waals surface area contributed by atoms with Crippen LogP contribution in [0.2, 0.25) is 5.02 Å². The van der Waals surface area contributed by atoms with Crippen LogP contribution < -0.4 is 16.6 Å². The predicted octanol–water partition coefficient (Wildman–Crippen LogP) is 1.33. The van der Waals surface area contributed by atoms with E-state index in [1.807, 2.05) is 0 Å². The first-order chi connectivity index (χ1) is 9.33. The Balaban J connectivity index is 2.43. The van der Waals surface area contributed by atoms with Gasteiger partial charge in [0.15, 0.2) is 0 Å². The van der Waals surface area contributed by atoms with Crippen LogP contribution in [0.5, 0.6) is 0 Å². The first kappa shape index (κ1) is 16.5. The van der Waals surface area contributed by atoms with Gasteiger partial charge in [-0.1, -0.05) is 11.6 Å². The molecule has 20 heavy (non-hydrogen) atoms. The summed E-state index contributed by atoms with van der Waals surface area (Å²) in [5.74, 6) is 4.73. The van der Waals surface area contributed by atoms with E-state index in [9.17, 15) is 18.0 Å². The van der Waals surface area contributed by atoms with Crippen molar-refractivity contribution >= 4 is 23.3 Å². The van der Waals surface area contributed by atoms with Gasteiger partial charge in [-0.25, -0.2) is 10.8 Å². The number of nitrogens with one attached hydrogen (secondary N) is 2. The summed E-state index contributed by atoms with van der Waals surface area (Å²) in [6.45, 7) is -1.75. The van der Waals surface area contributed by atoms with Crippen molar-refractivity contribution in [3.63, 3.8) is 0 Å². The largest absolute Gasteiger partial charge is 0.411 e. The molecular weight excluding hydrogens is 301 g/mol. The van der Waals surface area contributed by atoms with Crippen molar-refractivity contribution in [2.75, 3.05) is 25.2 Å². The number of alkyl halides is 3. The molecule has 0 saturated heterocycles. The molecule has 0 aliphatic rings. The van der Waals surface area contributed by atoms with Crippen molar-refractivity contribution in [1.29, 1.82) is 0 Å². The van der Waals surface area contributed by atoms with E-state index in [1.54, 1.807) is 0 Å². The number of carbonyl (C=O) groups excluding carboxylic acids is 1. The number of amides is 1. The van der Waals surface area contributed by atoms with Gasteiger partial charge in [0.05, 0.1) is 11.6 Å². The van der Waals surface area contributed by atoms with Crippen LogP contribution in [0.25, 0.3) is 0 Å². The summed E-state index contributed by atoms with van der Waals surface area (Å²) in [4.78, 5) is 15.5. The molecule has 4 N–H and O–H groups in total. The maximum Gasteiger partial charge on any atom is 0.411 e. The summed E-state index contributed by atoms with van der Waals surface area (Å²) >= 11 is 5.78. The van der Waals surface area contributed by atoms with Crippen molar-refractivity contribution in [3.8, 4) is 0 Å². The number of carbonyl (C=O) groups is 1. The Morgan fingerprint density at radius 2 is 2.15 bits per heavy atom. The molecule has 112 valence electrons. The minimum Gasteiger partial charge on any atom is -0.370 e. The van der Waals surface area contributed by atoms with Crippen molar-refractivity contribution in [2.24, 2.45) is 5.84 Å². The summed E-state index contributed by atoms with van der Waals surface area (Å²) in [6, 6.07) is 2.88. The Hall–Kier alpha value is -1.58. The van der Waals surface area contributed by atoms with E-state index in [2.05, 4.69) is 20.5 Å². The molecular formula is C10H12ClF3N4O2. The summed E-state index contributed by atoms with van der Waals surface area (Å²) in [5.41, 5.74) is 2.16. The molecule has 6 nitrogen and oxygen atoms in total. The first-order valence-electron chi connectivity index (χ1n) is 5.39. The van der Waals surface area contributed by atoms with Crippen LogP contribution in [0.1, 0.15) is 10.5 Å².